The zero-order chi connectivity index (χ0) is 18.5. The van der Waals surface area contributed by atoms with E-state index in [0.717, 1.165) is 5.56 Å². The zero-order valence-corrected chi connectivity index (χ0v) is 14.9. The molecule has 0 spiro atoms. The lowest BCUT2D eigenvalue weighted by atomic mass is 10.1. The maximum atomic E-state index is 12.8. The minimum atomic E-state index is -0.871. The molecule has 6 heteroatoms. The maximum Gasteiger partial charge on any atom is 0.271 e. The fraction of sp³-hybridized carbons (Fsp3) is 0.200. The highest BCUT2D eigenvalue weighted by molar-refractivity contribution is 5.94. The summed E-state index contributed by atoms with van der Waals surface area (Å²) < 4.78 is 16.4. The lowest BCUT2D eigenvalue weighted by Crippen LogP contribution is -2.26. The third-order valence-corrected chi connectivity index (χ3v) is 3.78. The molecule has 0 aliphatic heterocycles. The van der Waals surface area contributed by atoms with Crippen molar-refractivity contribution in [2.24, 2.45) is 0 Å². The van der Waals surface area contributed by atoms with E-state index >= 15 is 0 Å². The van der Waals surface area contributed by atoms with Crippen molar-refractivity contribution in [2.75, 3.05) is 12.4 Å². The summed E-state index contributed by atoms with van der Waals surface area (Å²) in [5.41, 5.74) is 1.75. The topological polar surface area (TPSA) is 73.6 Å². The quantitative estimate of drug-likeness (QED) is 0.724. The van der Waals surface area contributed by atoms with E-state index in [1.54, 1.807) is 26.2 Å². The minimum absolute atomic E-state index is 0.341. The Bertz CT molecular complexity index is 890. The Morgan fingerprint density at radius 1 is 1.08 bits per heavy atom. The Hall–Kier alpha value is -3.28. The van der Waals surface area contributed by atoms with Crippen molar-refractivity contribution >= 4 is 11.7 Å². The Morgan fingerprint density at radius 3 is 2.50 bits per heavy atom. The standard InChI is InChI=1S/C20H20N2O4/c1-13-9-10-16(17(11-13)24-3)25-19(15-7-5-4-6-8-15)20(23)21-18-12-14(2)26-22-18/h4-12,19H,1-3H3,(H,21,22,23)/t19-/m1/s1. The van der Waals surface area contributed by atoms with Gasteiger partial charge in [0, 0.05) is 11.6 Å². The van der Waals surface area contributed by atoms with Crippen LogP contribution in [0.1, 0.15) is 23.0 Å². The number of anilines is 1. The van der Waals surface area contributed by atoms with Gasteiger partial charge in [-0.25, -0.2) is 0 Å². The number of carbonyl (C=O) groups excluding carboxylic acids is 1. The van der Waals surface area contributed by atoms with Gasteiger partial charge in [0.2, 0.25) is 6.10 Å². The van der Waals surface area contributed by atoms with E-state index in [-0.39, 0.29) is 5.91 Å². The molecule has 26 heavy (non-hydrogen) atoms. The highest BCUT2D eigenvalue weighted by Gasteiger charge is 2.25. The first-order valence-corrected chi connectivity index (χ1v) is 8.17. The van der Waals surface area contributed by atoms with Crippen LogP contribution in [0.2, 0.25) is 0 Å². The lowest BCUT2D eigenvalue weighted by Gasteiger charge is -2.20. The van der Waals surface area contributed by atoms with Gasteiger partial charge in [-0.15, -0.1) is 0 Å². The molecule has 1 atom stereocenters. The van der Waals surface area contributed by atoms with Crippen LogP contribution >= 0.6 is 0 Å². The number of amides is 1. The van der Waals surface area contributed by atoms with Crippen molar-refractivity contribution in [3.05, 3.63) is 71.5 Å². The molecule has 1 amide bonds. The van der Waals surface area contributed by atoms with Crippen LogP contribution in [0.4, 0.5) is 5.82 Å². The predicted octanol–water partition coefficient (Wildman–Crippen LogP) is 4.06. The average molecular weight is 352 g/mol. The molecule has 0 bridgehead atoms. The fourth-order valence-electron chi connectivity index (χ4n) is 2.52. The average Bonchev–Trinajstić information content (AvgIpc) is 3.05. The Kier molecular flexibility index (Phi) is 5.22. The van der Waals surface area contributed by atoms with Crippen LogP contribution in [0.5, 0.6) is 11.5 Å². The molecule has 0 radical (unpaired) electrons. The van der Waals surface area contributed by atoms with Crippen LogP contribution in [0.25, 0.3) is 0 Å². The summed E-state index contributed by atoms with van der Waals surface area (Å²) in [6.07, 6.45) is -0.871. The number of ether oxygens (including phenoxy) is 2. The van der Waals surface area contributed by atoms with Crippen molar-refractivity contribution in [1.82, 2.24) is 5.16 Å². The van der Waals surface area contributed by atoms with Gasteiger partial charge in [-0.1, -0.05) is 41.6 Å². The van der Waals surface area contributed by atoms with Gasteiger partial charge >= 0.3 is 0 Å². The molecule has 1 heterocycles. The molecule has 0 saturated carbocycles. The van der Waals surface area contributed by atoms with E-state index in [1.807, 2.05) is 49.4 Å². The van der Waals surface area contributed by atoms with E-state index < -0.39 is 6.10 Å². The van der Waals surface area contributed by atoms with Crippen molar-refractivity contribution in [2.45, 2.75) is 20.0 Å². The molecule has 0 fully saturated rings. The van der Waals surface area contributed by atoms with Crippen LogP contribution in [0.3, 0.4) is 0 Å². The molecule has 3 aromatic rings. The van der Waals surface area contributed by atoms with E-state index in [4.69, 9.17) is 14.0 Å². The van der Waals surface area contributed by atoms with E-state index in [1.165, 1.54) is 0 Å². The van der Waals surface area contributed by atoms with Gasteiger partial charge in [0.25, 0.3) is 5.91 Å². The second-order valence-corrected chi connectivity index (χ2v) is 5.87. The zero-order valence-electron chi connectivity index (χ0n) is 14.9. The van der Waals surface area contributed by atoms with Gasteiger partial charge < -0.3 is 19.3 Å². The van der Waals surface area contributed by atoms with Crippen LogP contribution in [-0.2, 0) is 4.79 Å². The number of aryl methyl sites for hydroxylation is 2. The summed E-state index contributed by atoms with van der Waals surface area (Å²) in [7, 11) is 1.57. The van der Waals surface area contributed by atoms with Crippen LogP contribution in [0.15, 0.2) is 59.1 Å². The third kappa shape index (κ3) is 4.03. The summed E-state index contributed by atoms with van der Waals surface area (Å²) in [4.78, 5) is 12.8. The summed E-state index contributed by atoms with van der Waals surface area (Å²) in [5.74, 6) is 1.65. The molecule has 0 saturated heterocycles. The Balaban J connectivity index is 1.90. The SMILES string of the molecule is COc1cc(C)ccc1O[C@@H](C(=O)Nc1cc(C)on1)c1ccccc1. The first-order chi connectivity index (χ1) is 12.6. The van der Waals surface area contributed by atoms with Crippen LogP contribution < -0.4 is 14.8 Å². The highest BCUT2D eigenvalue weighted by atomic mass is 16.5. The summed E-state index contributed by atoms with van der Waals surface area (Å²) in [6.45, 7) is 3.71. The van der Waals surface area contributed by atoms with E-state index in [2.05, 4.69) is 10.5 Å². The predicted molar refractivity (Wildman–Crippen MR) is 97.4 cm³/mol. The smallest absolute Gasteiger partial charge is 0.271 e. The summed E-state index contributed by atoms with van der Waals surface area (Å²) in [5, 5.41) is 6.52. The Labute approximate surface area is 151 Å². The number of nitrogens with one attached hydrogen (secondary N) is 1. The fourth-order valence-corrected chi connectivity index (χ4v) is 2.52. The third-order valence-electron chi connectivity index (χ3n) is 3.78. The molecule has 6 nitrogen and oxygen atoms in total. The first kappa shape index (κ1) is 17.5. The van der Waals surface area contributed by atoms with Gasteiger partial charge in [-0.05, 0) is 31.5 Å². The molecule has 0 unspecified atom stereocenters. The summed E-state index contributed by atoms with van der Waals surface area (Å²) >= 11 is 0. The number of methoxy groups -OCH3 is 1. The van der Waals surface area contributed by atoms with Crippen molar-refractivity contribution in [3.63, 3.8) is 0 Å². The number of hydrogen-bond donors (Lipinski definition) is 1. The number of nitrogens with zero attached hydrogens (tertiary/aromatic N) is 1. The largest absolute Gasteiger partial charge is 0.493 e. The van der Waals surface area contributed by atoms with E-state index in [0.29, 0.717) is 28.6 Å². The lowest BCUT2D eigenvalue weighted by molar-refractivity contribution is -0.123. The van der Waals surface area contributed by atoms with Crippen molar-refractivity contribution in [1.29, 1.82) is 0 Å². The monoisotopic (exact) mass is 352 g/mol. The molecule has 0 aliphatic carbocycles. The van der Waals surface area contributed by atoms with Crippen molar-refractivity contribution in [3.8, 4) is 11.5 Å². The molecular weight excluding hydrogens is 332 g/mol. The number of carbonyl (C=O) groups is 1. The van der Waals surface area contributed by atoms with Gasteiger partial charge in [-0.3, -0.25) is 4.79 Å². The molecule has 3 rings (SSSR count). The number of aromatic nitrogens is 1. The highest BCUT2D eigenvalue weighted by Crippen LogP contribution is 2.32. The maximum absolute atomic E-state index is 12.8. The van der Waals surface area contributed by atoms with Gasteiger partial charge in [0.1, 0.15) is 5.76 Å². The van der Waals surface area contributed by atoms with E-state index in [9.17, 15) is 4.79 Å². The molecule has 0 aliphatic rings. The number of benzene rings is 2. The normalized spacial score (nSPS) is 11.7. The first-order valence-electron chi connectivity index (χ1n) is 8.17. The number of hydrogen-bond acceptors (Lipinski definition) is 5. The Morgan fingerprint density at radius 2 is 1.85 bits per heavy atom. The van der Waals surface area contributed by atoms with Gasteiger partial charge in [0.05, 0.1) is 7.11 Å². The minimum Gasteiger partial charge on any atom is -0.493 e. The second-order valence-electron chi connectivity index (χ2n) is 5.87. The molecule has 2 aromatic carbocycles. The molecule has 134 valence electrons. The van der Waals surface area contributed by atoms with Gasteiger partial charge in [-0.2, -0.15) is 0 Å². The molecular formula is C20H20N2O4. The molecule has 1 N–H and O–H groups in total. The van der Waals surface area contributed by atoms with Gasteiger partial charge in [0.15, 0.2) is 17.3 Å². The summed E-state index contributed by atoms with van der Waals surface area (Å²) in [6, 6.07) is 16.4. The van der Waals surface area contributed by atoms with Crippen LogP contribution in [-0.4, -0.2) is 18.2 Å². The number of rotatable bonds is 6. The molecule has 1 aromatic heterocycles. The van der Waals surface area contributed by atoms with Crippen LogP contribution in [0, 0.1) is 13.8 Å². The second kappa shape index (κ2) is 7.74. The van der Waals surface area contributed by atoms with Crippen molar-refractivity contribution < 1.29 is 18.8 Å².